The third-order valence-electron chi connectivity index (χ3n) is 4.86. The van der Waals surface area contributed by atoms with Crippen molar-refractivity contribution in [3.05, 3.63) is 23.5 Å². The Hall–Kier alpha value is -1.95. The molecule has 1 aliphatic carbocycles. The lowest BCUT2D eigenvalue weighted by Gasteiger charge is -2.18. The highest BCUT2D eigenvalue weighted by Gasteiger charge is 2.32. The first-order valence-corrected chi connectivity index (χ1v) is 9.22. The number of rotatable bonds is 7. The van der Waals surface area contributed by atoms with Crippen LogP contribution < -0.4 is 5.32 Å². The van der Waals surface area contributed by atoms with Crippen molar-refractivity contribution in [3.8, 4) is 0 Å². The van der Waals surface area contributed by atoms with Crippen molar-refractivity contribution in [2.24, 2.45) is 5.92 Å². The summed E-state index contributed by atoms with van der Waals surface area (Å²) in [4.78, 5) is 17.7. The standard InChI is InChI=1S/C19H28N4O2/c1-11(2)17-9-14(15-10-20-23(12(3)4)18(15)21-17)19(25)22-16(7-8-24)13-5-6-13/h9-13,16,24H,5-8H2,1-4H3,(H,22,25). The molecule has 6 heteroatoms. The number of aliphatic hydroxyl groups excluding tert-OH is 1. The van der Waals surface area contributed by atoms with Gasteiger partial charge >= 0.3 is 0 Å². The minimum atomic E-state index is -0.0945. The predicted molar refractivity (Wildman–Crippen MR) is 97.7 cm³/mol. The van der Waals surface area contributed by atoms with Gasteiger partial charge in [0.15, 0.2) is 5.65 Å². The zero-order chi connectivity index (χ0) is 18.1. The monoisotopic (exact) mass is 344 g/mol. The molecule has 1 atom stereocenters. The molecule has 0 spiro atoms. The number of carbonyl (C=O) groups excluding carboxylic acids is 1. The summed E-state index contributed by atoms with van der Waals surface area (Å²) in [5, 5.41) is 17.6. The van der Waals surface area contributed by atoms with Crippen LogP contribution in [-0.2, 0) is 0 Å². The highest BCUT2D eigenvalue weighted by molar-refractivity contribution is 6.05. The van der Waals surface area contributed by atoms with Crippen LogP contribution in [0.5, 0.6) is 0 Å². The number of pyridine rings is 1. The Bertz CT molecular complexity index is 762. The van der Waals surface area contributed by atoms with Crippen LogP contribution in [0.4, 0.5) is 0 Å². The Kier molecular flexibility index (Phi) is 5.08. The SMILES string of the molecule is CC(C)c1cc(C(=O)NC(CCO)C2CC2)c2cnn(C(C)C)c2n1. The first-order valence-electron chi connectivity index (χ1n) is 9.22. The van der Waals surface area contributed by atoms with E-state index in [-0.39, 0.29) is 30.5 Å². The molecule has 2 N–H and O–H groups in total. The van der Waals surface area contributed by atoms with E-state index in [1.54, 1.807) is 6.20 Å². The van der Waals surface area contributed by atoms with Crippen LogP contribution in [-0.4, -0.2) is 38.4 Å². The van der Waals surface area contributed by atoms with Crippen LogP contribution in [0.3, 0.4) is 0 Å². The highest BCUT2D eigenvalue weighted by atomic mass is 16.3. The molecule has 0 aliphatic heterocycles. The molecule has 1 saturated carbocycles. The smallest absolute Gasteiger partial charge is 0.252 e. The maximum absolute atomic E-state index is 13.0. The topological polar surface area (TPSA) is 80.0 Å². The molecule has 0 aromatic carbocycles. The molecule has 25 heavy (non-hydrogen) atoms. The summed E-state index contributed by atoms with van der Waals surface area (Å²) in [5.74, 6) is 0.627. The first kappa shape index (κ1) is 17.9. The van der Waals surface area contributed by atoms with Crippen molar-refractivity contribution in [1.29, 1.82) is 0 Å². The minimum Gasteiger partial charge on any atom is -0.396 e. The summed E-state index contributed by atoms with van der Waals surface area (Å²) in [6.07, 6.45) is 4.59. The summed E-state index contributed by atoms with van der Waals surface area (Å²) in [6, 6.07) is 2.11. The lowest BCUT2D eigenvalue weighted by atomic mass is 10.0. The van der Waals surface area contributed by atoms with Crippen molar-refractivity contribution < 1.29 is 9.90 Å². The average Bonchev–Trinajstić information content (AvgIpc) is 3.31. The second-order valence-electron chi connectivity index (χ2n) is 7.60. The fraction of sp³-hybridized carbons (Fsp3) is 0.632. The van der Waals surface area contributed by atoms with Gasteiger partial charge in [-0.2, -0.15) is 5.10 Å². The molecule has 3 rings (SSSR count). The van der Waals surface area contributed by atoms with Crippen molar-refractivity contribution in [2.75, 3.05) is 6.61 Å². The summed E-state index contributed by atoms with van der Waals surface area (Å²) < 4.78 is 1.87. The van der Waals surface area contributed by atoms with E-state index in [0.717, 1.165) is 29.6 Å². The second-order valence-corrected chi connectivity index (χ2v) is 7.60. The third-order valence-corrected chi connectivity index (χ3v) is 4.86. The van der Waals surface area contributed by atoms with E-state index >= 15 is 0 Å². The van der Waals surface area contributed by atoms with E-state index in [1.165, 1.54) is 0 Å². The molecule has 1 aliphatic rings. The number of hydrogen-bond acceptors (Lipinski definition) is 4. The maximum Gasteiger partial charge on any atom is 0.252 e. The zero-order valence-electron chi connectivity index (χ0n) is 15.5. The Morgan fingerprint density at radius 1 is 1.36 bits per heavy atom. The van der Waals surface area contributed by atoms with Crippen LogP contribution in [0.2, 0.25) is 0 Å². The molecule has 2 aromatic heterocycles. The third kappa shape index (κ3) is 3.68. The van der Waals surface area contributed by atoms with Crippen LogP contribution in [0, 0.1) is 5.92 Å². The lowest BCUT2D eigenvalue weighted by Crippen LogP contribution is -2.37. The average molecular weight is 344 g/mol. The van der Waals surface area contributed by atoms with Gasteiger partial charge in [0.05, 0.1) is 17.1 Å². The molecular weight excluding hydrogens is 316 g/mol. The van der Waals surface area contributed by atoms with Crippen molar-refractivity contribution in [3.63, 3.8) is 0 Å². The first-order chi connectivity index (χ1) is 11.9. The van der Waals surface area contributed by atoms with E-state index in [9.17, 15) is 9.90 Å². The Morgan fingerprint density at radius 3 is 2.64 bits per heavy atom. The lowest BCUT2D eigenvalue weighted by molar-refractivity contribution is 0.0925. The number of carbonyl (C=O) groups is 1. The van der Waals surface area contributed by atoms with Crippen molar-refractivity contribution >= 4 is 16.9 Å². The molecule has 0 bridgehead atoms. The predicted octanol–water partition coefficient (Wildman–Crippen LogP) is 3.03. The van der Waals surface area contributed by atoms with Crippen molar-refractivity contribution in [1.82, 2.24) is 20.1 Å². The molecule has 1 amide bonds. The second kappa shape index (κ2) is 7.12. The van der Waals surface area contributed by atoms with Gasteiger partial charge in [-0.1, -0.05) is 13.8 Å². The van der Waals surface area contributed by atoms with Crippen molar-refractivity contribution in [2.45, 2.75) is 65.0 Å². The maximum atomic E-state index is 13.0. The number of aromatic nitrogens is 3. The summed E-state index contributed by atoms with van der Waals surface area (Å²) in [5.41, 5.74) is 2.28. The Labute approximate surface area is 148 Å². The number of aliphatic hydroxyl groups is 1. The normalized spacial score (nSPS) is 16.0. The van der Waals surface area contributed by atoms with Gasteiger partial charge in [0, 0.05) is 24.4 Å². The van der Waals surface area contributed by atoms with Gasteiger partial charge in [-0.15, -0.1) is 0 Å². The molecule has 0 radical (unpaired) electrons. The summed E-state index contributed by atoms with van der Waals surface area (Å²) in [7, 11) is 0. The zero-order valence-corrected chi connectivity index (χ0v) is 15.5. The van der Waals surface area contributed by atoms with E-state index < -0.39 is 0 Å². The van der Waals surface area contributed by atoms with E-state index in [2.05, 4.69) is 38.1 Å². The van der Waals surface area contributed by atoms with Gasteiger partial charge in [0.2, 0.25) is 0 Å². The molecular formula is C19H28N4O2. The number of amides is 1. The number of nitrogens with one attached hydrogen (secondary N) is 1. The Balaban J connectivity index is 2.00. The fourth-order valence-electron chi connectivity index (χ4n) is 3.21. The molecule has 136 valence electrons. The van der Waals surface area contributed by atoms with Gasteiger partial charge in [-0.25, -0.2) is 9.67 Å². The van der Waals surface area contributed by atoms with Crippen LogP contribution in [0.15, 0.2) is 12.3 Å². The largest absolute Gasteiger partial charge is 0.396 e. The Morgan fingerprint density at radius 2 is 2.08 bits per heavy atom. The fourth-order valence-corrected chi connectivity index (χ4v) is 3.21. The van der Waals surface area contributed by atoms with E-state index in [1.807, 2.05) is 10.7 Å². The van der Waals surface area contributed by atoms with E-state index in [4.69, 9.17) is 4.98 Å². The van der Waals surface area contributed by atoms with Gasteiger partial charge in [-0.05, 0) is 51.0 Å². The summed E-state index contributed by atoms with van der Waals surface area (Å²) in [6.45, 7) is 8.35. The molecule has 1 fully saturated rings. The minimum absolute atomic E-state index is 0.0448. The molecule has 0 saturated heterocycles. The molecule has 1 unspecified atom stereocenters. The van der Waals surface area contributed by atoms with Crippen LogP contribution in [0.25, 0.3) is 11.0 Å². The van der Waals surface area contributed by atoms with Crippen LogP contribution in [0.1, 0.15) is 75.0 Å². The number of fused-ring (bicyclic) bond motifs is 1. The van der Waals surface area contributed by atoms with E-state index in [0.29, 0.717) is 17.9 Å². The summed E-state index contributed by atoms with van der Waals surface area (Å²) >= 11 is 0. The van der Waals surface area contributed by atoms with Gasteiger partial charge in [-0.3, -0.25) is 4.79 Å². The molecule has 2 aromatic rings. The van der Waals surface area contributed by atoms with Gasteiger partial charge < -0.3 is 10.4 Å². The number of nitrogens with zero attached hydrogens (tertiary/aromatic N) is 3. The molecule has 2 heterocycles. The van der Waals surface area contributed by atoms with Crippen LogP contribution >= 0.6 is 0 Å². The molecule has 6 nitrogen and oxygen atoms in total. The highest BCUT2D eigenvalue weighted by Crippen LogP contribution is 2.34. The van der Waals surface area contributed by atoms with Gasteiger partial charge in [0.25, 0.3) is 5.91 Å². The quantitative estimate of drug-likeness (QED) is 0.809. The number of hydrogen-bond donors (Lipinski definition) is 2. The van der Waals surface area contributed by atoms with Gasteiger partial charge in [0.1, 0.15) is 0 Å².